The van der Waals surface area contributed by atoms with Crippen LogP contribution in [0.15, 0.2) is 48.5 Å². The van der Waals surface area contributed by atoms with Crippen LogP contribution in [0, 0.1) is 22.5 Å². The van der Waals surface area contributed by atoms with Gasteiger partial charge in [-0.1, -0.05) is 62.7 Å². The summed E-state index contributed by atoms with van der Waals surface area (Å²) in [6.45, 7) is 7.61. The minimum absolute atomic E-state index is 0.0282. The molecule has 0 N–H and O–H groups in total. The molecule has 2 aromatic carbocycles. The second-order valence-corrected chi connectivity index (χ2v) is 7.98. The van der Waals surface area contributed by atoms with E-state index >= 15 is 0 Å². The van der Waals surface area contributed by atoms with E-state index in [2.05, 4.69) is 0 Å². The van der Waals surface area contributed by atoms with Crippen LogP contribution in [-0.4, -0.2) is 17.2 Å². The SMILES string of the molecule is Cc1ccc([N+](=O)[O-])c(C[C@@]2(c3ccccc3)O[C@H](C(C)(C)C)OC2=O)c1. The molecule has 27 heavy (non-hydrogen) atoms. The summed E-state index contributed by atoms with van der Waals surface area (Å²) in [4.78, 5) is 24.1. The first-order chi connectivity index (χ1) is 12.6. The topological polar surface area (TPSA) is 78.7 Å². The molecule has 1 saturated heterocycles. The molecule has 0 aromatic heterocycles. The van der Waals surface area contributed by atoms with Gasteiger partial charge in [0.1, 0.15) is 0 Å². The summed E-state index contributed by atoms with van der Waals surface area (Å²) in [5.41, 5.74) is 0.0552. The Morgan fingerprint density at radius 3 is 2.37 bits per heavy atom. The van der Waals surface area contributed by atoms with Gasteiger partial charge < -0.3 is 9.47 Å². The first kappa shape index (κ1) is 19.0. The van der Waals surface area contributed by atoms with E-state index < -0.39 is 28.2 Å². The molecule has 0 radical (unpaired) electrons. The molecule has 1 aliphatic rings. The van der Waals surface area contributed by atoms with Gasteiger partial charge in [-0.25, -0.2) is 4.79 Å². The van der Waals surface area contributed by atoms with E-state index in [4.69, 9.17) is 9.47 Å². The molecular formula is C21H23NO5. The molecule has 0 aliphatic carbocycles. The summed E-state index contributed by atoms with van der Waals surface area (Å²) in [7, 11) is 0. The summed E-state index contributed by atoms with van der Waals surface area (Å²) in [5, 5.41) is 11.5. The molecule has 6 nitrogen and oxygen atoms in total. The fraction of sp³-hybridized carbons (Fsp3) is 0.381. The van der Waals surface area contributed by atoms with Crippen molar-refractivity contribution in [3.63, 3.8) is 0 Å². The van der Waals surface area contributed by atoms with E-state index in [0.717, 1.165) is 5.56 Å². The van der Waals surface area contributed by atoms with Crippen LogP contribution in [0.25, 0.3) is 0 Å². The Labute approximate surface area is 158 Å². The number of hydrogen-bond donors (Lipinski definition) is 0. The van der Waals surface area contributed by atoms with Gasteiger partial charge in [0.2, 0.25) is 6.29 Å². The number of ether oxygens (including phenoxy) is 2. The predicted octanol–water partition coefficient (Wildman–Crippen LogP) is 4.29. The molecule has 6 heteroatoms. The Hall–Kier alpha value is -2.73. The number of nitro benzene ring substituents is 1. The van der Waals surface area contributed by atoms with Crippen molar-refractivity contribution in [1.29, 1.82) is 0 Å². The Morgan fingerprint density at radius 2 is 1.81 bits per heavy atom. The molecule has 2 aromatic rings. The third-order valence-corrected chi connectivity index (χ3v) is 4.67. The molecule has 1 aliphatic heterocycles. The number of nitrogens with zero attached hydrogens (tertiary/aromatic N) is 1. The van der Waals surface area contributed by atoms with Gasteiger partial charge in [0.05, 0.1) is 4.92 Å². The van der Waals surface area contributed by atoms with Gasteiger partial charge in [0.15, 0.2) is 5.60 Å². The van der Waals surface area contributed by atoms with Gasteiger partial charge >= 0.3 is 5.97 Å². The van der Waals surface area contributed by atoms with Crippen LogP contribution in [0.5, 0.6) is 0 Å². The van der Waals surface area contributed by atoms with Crippen molar-refractivity contribution in [2.45, 2.75) is 46.0 Å². The lowest BCUT2D eigenvalue weighted by molar-refractivity contribution is -0.385. The molecular weight excluding hydrogens is 346 g/mol. The highest BCUT2D eigenvalue weighted by atomic mass is 16.8. The number of nitro groups is 1. The third kappa shape index (κ3) is 3.57. The van der Waals surface area contributed by atoms with Gasteiger partial charge in [0, 0.05) is 23.5 Å². The first-order valence-electron chi connectivity index (χ1n) is 8.82. The summed E-state index contributed by atoms with van der Waals surface area (Å²) in [6.07, 6.45) is -0.713. The highest BCUT2D eigenvalue weighted by Crippen LogP contribution is 2.44. The van der Waals surface area contributed by atoms with E-state index in [1.54, 1.807) is 24.3 Å². The van der Waals surface area contributed by atoms with Crippen molar-refractivity contribution in [1.82, 2.24) is 0 Å². The Kier molecular flexibility index (Phi) is 4.78. The smallest absolute Gasteiger partial charge is 0.345 e. The number of hydrogen-bond acceptors (Lipinski definition) is 5. The van der Waals surface area contributed by atoms with Gasteiger partial charge in [-0.3, -0.25) is 10.1 Å². The van der Waals surface area contributed by atoms with Crippen molar-refractivity contribution in [3.05, 3.63) is 75.3 Å². The number of carbonyl (C=O) groups excluding carboxylic acids is 1. The summed E-state index contributed by atoms with van der Waals surface area (Å²) >= 11 is 0. The van der Waals surface area contributed by atoms with Gasteiger partial charge in [-0.2, -0.15) is 0 Å². The van der Waals surface area contributed by atoms with Gasteiger partial charge in [-0.05, 0) is 18.6 Å². The molecule has 1 fully saturated rings. The second-order valence-electron chi connectivity index (χ2n) is 7.98. The lowest BCUT2D eigenvalue weighted by atomic mass is 9.86. The predicted molar refractivity (Wildman–Crippen MR) is 100 cm³/mol. The standard InChI is InChI=1S/C21H23NO5/c1-14-10-11-17(22(24)25)15(12-14)13-21(16-8-6-5-7-9-16)18(23)26-19(27-21)20(2,3)4/h5-12,19H,13H2,1-4H3/t19-,21+/m1/s1. The highest BCUT2D eigenvalue weighted by molar-refractivity contribution is 5.83. The Balaban J connectivity index is 2.13. The monoisotopic (exact) mass is 369 g/mol. The van der Waals surface area contributed by atoms with Crippen LogP contribution in [0.3, 0.4) is 0 Å². The number of carbonyl (C=O) groups is 1. The molecule has 0 spiro atoms. The quantitative estimate of drug-likeness (QED) is 0.456. The summed E-state index contributed by atoms with van der Waals surface area (Å²) in [5.74, 6) is -0.524. The lowest BCUT2D eigenvalue weighted by Gasteiger charge is -2.29. The second kappa shape index (κ2) is 6.78. The minimum Gasteiger partial charge on any atom is -0.433 e. The maximum atomic E-state index is 13.0. The molecule has 1 heterocycles. The molecule has 0 bridgehead atoms. The average Bonchev–Trinajstić information content (AvgIpc) is 2.93. The van der Waals surface area contributed by atoms with E-state index in [0.29, 0.717) is 11.1 Å². The zero-order valence-electron chi connectivity index (χ0n) is 15.9. The maximum absolute atomic E-state index is 13.0. The largest absolute Gasteiger partial charge is 0.433 e. The van der Waals surface area contributed by atoms with Gasteiger partial charge in [0.25, 0.3) is 5.69 Å². The van der Waals surface area contributed by atoms with Crippen LogP contribution in [0.2, 0.25) is 0 Å². The van der Waals surface area contributed by atoms with Crippen LogP contribution in [0.4, 0.5) is 5.69 Å². The number of aryl methyl sites for hydroxylation is 1. The van der Waals surface area contributed by atoms with Gasteiger partial charge in [-0.15, -0.1) is 0 Å². The highest BCUT2D eigenvalue weighted by Gasteiger charge is 2.55. The number of cyclic esters (lactones) is 1. The zero-order valence-corrected chi connectivity index (χ0v) is 15.9. The van der Waals surface area contributed by atoms with Crippen molar-refractivity contribution in [2.24, 2.45) is 5.41 Å². The fourth-order valence-corrected chi connectivity index (χ4v) is 3.21. The van der Waals surface area contributed by atoms with Crippen LogP contribution in [0.1, 0.15) is 37.5 Å². The number of benzene rings is 2. The third-order valence-electron chi connectivity index (χ3n) is 4.67. The molecule has 2 atom stereocenters. The molecule has 0 saturated carbocycles. The Bertz CT molecular complexity index is 872. The van der Waals surface area contributed by atoms with E-state index in [-0.39, 0.29) is 12.1 Å². The lowest BCUT2D eigenvalue weighted by Crippen LogP contribution is -2.37. The number of rotatable bonds is 4. The zero-order chi connectivity index (χ0) is 19.8. The normalized spacial score (nSPS) is 22.5. The molecule has 0 unspecified atom stereocenters. The van der Waals surface area contributed by atoms with E-state index in [1.807, 2.05) is 45.9 Å². The van der Waals surface area contributed by atoms with Crippen LogP contribution in [-0.2, 0) is 26.3 Å². The fourth-order valence-electron chi connectivity index (χ4n) is 3.21. The van der Waals surface area contributed by atoms with Crippen molar-refractivity contribution in [3.8, 4) is 0 Å². The maximum Gasteiger partial charge on any atom is 0.345 e. The summed E-state index contributed by atoms with van der Waals surface area (Å²) < 4.78 is 11.8. The molecule has 142 valence electrons. The van der Waals surface area contributed by atoms with Crippen molar-refractivity contribution >= 4 is 11.7 Å². The minimum atomic E-state index is -1.42. The van der Waals surface area contributed by atoms with Crippen LogP contribution < -0.4 is 0 Å². The molecule has 0 amide bonds. The van der Waals surface area contributed by atoms with Crippen molar-refractivity contribution in [2.75, 3.05) is 0 Å². The first-order valence-corrected chi connectivity index (χ1v) is 8.82. The molecule has 3 rings (SSSR count). The average molecular weight is 369 g/mol. The Morgan fingerprint density at radius 1 is 1.15 bits per heavy atom. The van der Waals surface area contributed by atoms with E-state index in [9.17, 15) is 14.9 Å². The number of esters is 1. The van der Waals surface area contributed by atoms with Crippen LogP contribution >= 0.6 is 0 Å². The summed E-state index contributed by atoms with van der Waals surface area (Å²) in [6, 6.07) is 13.9. The van der Waals surface area contributed by atoms with E-state index in [1.165, 1.54) is 6.07 Å². The van der Waals surface area contributed by atoms with Crippen molar-refractivity contribution < 1.29 is 19.2 Å².